The third-order valence-corrected chi connectivity index (χ3v) is 6.38. The van der Waals surface area contributed by atoms with Gasteiger partial charge in [-0.2, -0.15) is 0 Å². The van der Waals surface area contributed by atoms with Gasteiger partial charge in [-0.25, -0.2) is 0 Å². The van der Waals surface area contributed by atoms with Crippen LogP contribution in [0.3, 0.4) is 0 Å². The zero-order valence-electron chi connectivity index (χ0n) is 11.6. The summed E-state index contributed by atoms with van der Waals surface area (Å²) in [5.74, 6) is 0.566. The Kier molecular flexibility index (Phi) is 3.78. The van der Waals surface area contributed by atoms with E-state index in [0.717, 1.165) is 10.6 Å². The maximum atomic E-state index is 13.5. The molecule has 1 unspecified atom stereocenters. The van der Waals surface area contributed by atoms with Crippen LogP contribution in [0.5, 0.6) is 0 Å². The first-order valence-corrected chi connectivity index (χ1v) is 8.72. The van der Waals surface area contributed by atoms with Gasteiger partial charge < -0.3 is 4.52 Å². The Labute approximate surface area is 120 Å². The third-order valence-electron chi connectivity index (χ3n) is 3.79. The molecule has 2 nitrogen and oxygen atoms in total. The van der Waals surface area contributed by atoms with Gasteiger partial charge in [0.2, 0.25) is 0 Å². The van der Waals surface area contributed by atoms with Crippen molar-refractivity contribution in [3.8, 4) is 0 Å². The molecule has 0 heterocycles. The van der Waals surface area contributed by atoms with Crippen LogP contribution in [-0.2, 0) is 9.09 Å². The number of hydrogen-bond acceptors (Lipinski definition) is 2. The van der Waals surface area contributed by atoms with Gasteiger partial charge in [0.15, 0.2) is 0 Å². The summed E-state index contributed by atoms with van der Waals surface area (Å²) in [6, 6.07) is 19.1. The lowest BCUT2D eigenvalue weighted by atomic mass is 10.3. The topological polar surface area (TPSA) is 26.3 Å². The molecule has 1 saturated carbocycles. The Balaban J connectivity index is 2.00. The average molecular weight is 286 g/mol. The van der Waals surface area contributed by atoms with Crippen molar-refractivity contribution in [2.45, 2.75) is 25.9 Å². The molecule has 0 N–H and O–H groups in total. The van der Waals surface area contributed by atoms with Crippen LogP contribution in [0.2, 0.25) is 0 Å². The minimum atomic E-state index is -2.99. The van der Waals surface area contributed by atoms with Crippen molar-refractivity contribution in [2.24, 2.45) is 5.92 Å². The summed E-state index contributed by atoms with van der Waals surface area (Å²) in [5.41, 5.74) is 0. The molecule has 0 amide bonds. The molecule has 0 aliphatic heterocycles. The molecule has 20 heavy (non-hydrogen) atoms. The van der Waals surface area contributed by atoms with E-state index in [-0.39, 0.29) is 6.10 Å². The van der Waals surface area contributed by atoms with E-state index in [1.54, 1.807) is 0 Å². The van der Waals surface area contributed by atoms with E-state index in [1.165, 1.54) is 12.8 Å². The third kappa shape index (κ3) is 2.72. The lowest BCUT2D eigenvalue weighted by Crippen LogP contribution is -2.22. The van der Waals surface area contributed by atoms with Crippen LogP contribution >= 0.6 is 7.37 Å². The van der Waals surface area contributed by atoms with Gasteiger partial charge in [-0.1, -0.05) is 36.4 Å². The number of rotatable bonds is 5. The highest BCUT2D eigenvalue weighted by Gasteiger charge is 2.36. The summed E-state index contributed by atoms with van der Waals surface area (Å²) in [7, 11) is -2.99. The van der Waals surface area contributed by atoms with Crippen LogP contribution in [-0.4, -0.2) is 6.10 Å². The van der Waals surface area contributed by atoms with E-state index >= 15 is 0 Å². The molecule has 0 aromatic heterocycles. The molecular weight excluding hydrogens is 267 g/mol. The smallest absolute Gasteiger partial charge is 0.261 e. The van der Waals surface area contributed by atoms with Crippen molar-refractivity contribution < 1.29 is 9.09 Å². The van der Waals surface area contributed by atoms with Crippen molar-refractivity contribution in [2.75, 3.05) is 0 Å². The molecule has 1 aliphatic carbocycles. The Bertz CT molecular complexity index is 562. The number of benzene rings is 2. The fourth-order valence-electron chi connectivity index (χ4n) is 2.41. The van der Waals surface area contributed by atoms with Gasteiger partial charge in [0.1, 0.15) is 0 Å². The molecule has 3 heteroatoms. The van der Waals surface area contributed by atoms with Crippen molar-refractivity contribution in [1.29, 1.82) is 0 Å². The minimum Gasteiger partial charge on any atom is -0.319 e. The van der Waals surface area contributed by atoms with Gasteiger partial charge in [-0.15, -0.1) is 0 Å². The van der Waals surface area contributed by atoms with Crippen LogP contribution in [0.4, 0.5) is 0 Å². The van der Waals surface area contributed by atoms with Crippen LogP contribution < -0.4 is 10.6 Å². The second-order valence-electron chi connectivity index (χ2n) is 5.37. The first-order valence-electron chi connectivity index (χ1n) is 7.10. The van der Waals surface area contributed by atoms with Gasteiger partial charge in [0.05, 0.1) is 6.10 Å². The normalized spacial score (nSPS) is 16.9. The lowest BCUT2D eigenvalue weighted by molar-refractivity contribution is 0.209. The quantitative estimate of drug-likeness (QED) is 0.783. The SMILES string of the molecule is CC(OP(=O)(c1ccccc1)c1ccccc1)C1CC1. The van der Waals surface area contributed by atoms with Crippen LogP contribution in [0.15, 0.2) is 60.7 Å². The number of hydrogen-bond donors (Lipinski definition) is 0. The van der Waals surface area contributed by atoms with E-state index in [1.807, 2.05) is 67.6 Å². The van der Waals surface area contributed by atoms with Gasteiger partial charge in [0, 0.05) is 10.6 Å². The molecule has 0 radical (unpaired) electrons. The maximum Gasteiger partial charge on any atom is 0.261 e. The summed E-state index contributed by atoms with van der Waals surface area (Å²) < 4.78 is 19.6. The van der Waals surface area contributed by atoms with Gasteiger partial charge in [0.25, 0.3) is 7.37 Å². The molecular formula is C17H19O2P. The molecule has 0 spiro atoms. The van der Waals surface area contributed by atoms with Gasteiger partial charge in [-0.05, 0) is 49.9 Å². The summed E-state index contributed by atoms with van der Waals surface area (Å²) in [4.78, 5) is 0. The average Bonchev–Trinajstić information content (AvgIpc) is 3.34. The van der Waals surface area contributed by atoms with E-state index in [2.05, 4.69) is 0 Å². The summed E-state index contributed by atoms with van der Waals surface area (Å²) >= 11 is 0. The predicted molar refractivity (Wildman–Crippen MR) is 83.0 cm³/mol. The molecule has 2 aromatic rings. The van der Waals surface area contributed by atoms with E-state index < -0.39 is 7.37 Å². The second kappa shape index (κ2) is 5.55. The van der Waals surface area contributed by atoms with E-state index in [9.17, 15) is 4.57 Å². The van der Waals surface area contributed by atoms with Crippen molar-refractivity contribution in [1.82, 2.24) is 0 Å². The molecule has 0 saturated heterocycles. The molecule has 2 aromatic carbocycles. The Hall–Kier alpha value is -1.37. The highest BCUT2D eigenvalue weighted by atomic mass is 31.2. The molecule has 0 bridgehead atoms. The van der Waals surface area contributed by atoms with Gasteiger partial charge in [-0.3, -0.25) is 4.57 Å². The largest absolute Gasteiger partial charge is 0.319 e. The van der Waals surface area contributed by atoms with Gasteiger partial charge >= 0.3 is 0 Å². The molecule has 1 aliphatic rings. The summed E-state index contributed by atoms with van der Waals surface area (Å²) in [5, 5.41) is 1.55. The maximum absolute atomic E-state index is 13.5. The van der Waals surface area contributed by atoms with Crippen molar-refractivity contribution in [3.05, 3.63) is 60.7 Å². The Morgan fingerprint density at radius 2 is 1.40 bits per heavy atom. The van der Waals surface area contributed by atoms with E-state index in [4.69, 9.17) is 4.52 Å². The molecule has 104 valence electrons. The zero-order valence-corrected chi connectivity index (χ0v) is 12.5. The zero-order chi connectivity index (χ0) is 14.0. The van der Waals surface area contributed by atoms with Crippen molar-refractivity contribution >= 4 is 18.0 Å². The predicted octanol–water partition coefficient (Wildman–Crippen LogP) is 3.73. The molecule has 1 fully saturated rings. The minimum absolute atomic E-state index is 0.0428. The summed E-state index contributed by atoms with van der Waals surface area (Å²) in [6.45, 7) is 2.04. The monoisotopic (exact) mass is 286 g/mol. The van der Waals surface area contributed by atoms with E-state index in [0.29, 0.717) is 5.92 Å². The molecule has 1 atom stereocenters. The van der Waals surface area contributed by atoms with Crippen LogP contribution in [0, 0.1) is 5.92 Å². The first kappa shape index (κ1) is 13.6. The Morgan fingerprint density at radius 1 is 0.950 bits per heavy atom. The highest BCUT2D eigenvalue weighted by molar-refractivity contribution is 7.74. The summed E-state index contributed by atoms with van der Waals surface area (Å²) in [6.07, 6.45) is 2.41. The molecule has 3 rings (SSSR count). The van der Waals surface area contributed by atoms with Crippen LogP contribution in [0.1, 0.15) is 19.8 Å². The standard InChI is InChI=1S/C17H19O2P/c1-14(15-12-13-15)19-20(18,16-8-4-2-5-9-16)17-10-6-3-7-11-17/h2-11,14-15H,12-13H2,1H3. The fraction of sp³-hybridized carbons (Fsp3) is 0.294. The second-order valence-corrected chi connectivity index (χ2v) is 7.72. The fourth-order valence-corrected chi connectivity index (χ4v) is 4.72. The van der Waals surface area contributed by atoms with Crippen LogP contribution in [0.25, 0.3) is 0 Å². The first-order chi connectivity index (χ1) is 9.70. The highest BCUT2D eigenvalue weighted by Crippen LogP contribution is 2.49. The Morgan fingerprint density at radius 3 is 1.80 bits per heavy atom. The lowest BCUT2D eigenvalue weighted by Gasteiger charge is -2.23. The van der Waals surface area contributed by atoms with Crippen molar-refractivity contribution in [3.63, 3.8) is 0 Å².